The summed E-state index contributed by atoms with van der Waals surface area (Å²) in [7, 11) is -3.36. The fourth-order valence-corrected chi connectivity index (χ4v) is 11.3. The van der Waals surface area contributed by atoms with Crippen LogP contribution >= 0.6 is 15.9 Å². The minimum absolute atomic E-state index is 0.0248. The number of ether oxygens (including phenoxy) is 2. The molecular formula is C40H39BrFN5O5Si. The fraction of sp³-hybridized carbons (Fsp3) is 0.300. The van der Waals surface area contributed by atoms with Gasteiger partial charge >= 0.3 is 0 Å². The van der Waals surface area contributed by atoms with E-state index in [0.717, 1.165) is 21.3 Å². The van der Waals surface area contributed by atoms with Crippen LogP contribution in [0.25, 0.3) is 0 Å². The lowest BCUT2D eigenvalue weighted by Gasteiger charge is -2.31. The number of carbonyl (C=O) groups excluding carboxylic acids is 2. The molecule has 0 radical (unpaired) electrons. The molecule has 4 aromatic carbocycles. The van der Waals surface area contributed by atoms with Crippen molar-refractivity contribution in [2.24, 2.45) is 5.92 Å². The van der Waals surface area contributed by atoms with Crippen LogP contribution in [0.4, 0.5) is 21.2 Å². The Morgan fingerprint density at radius 1 is 0.962 bits per heavy atom. The van der Waals surface area contributed by atoms with Gasteiger partial charge in [-0.05, 0) is 79.7 Å². The first-order chi connectivity index (χ1) is 25.5. The van der Waals surface area contributed by atoms with E-state index in [1.54, 1.807) is 45.9 Å². The Morgan fingerprint density at radius 3 is 2.45 bits per heavy atom. The maximum Gasteiger partial charge on any atom is 0.266 e. The molecule has 1 N–H and O–H groups in total. The Hall–Kier alpha value is -4.69. The van der Waals surface area contributed by atoms with Gasteiger partial charge in [-0.1, -0.05) is 64.5 Å². The number of amides is 2. The van der Waals surface area contributed by atoms with E-state index in [4.69, 9.17) is 9.47 Å². The van der Waals surface area contributed by atoms with Gasteiger partial charge in [0.15, 0.2) is 11.4 Å². The molecule has 1 saturated heterocycles. The topological polar surface area (TPSA) is 110 Å². The molecule has 1 spiro atoms. The molecule has 0 unspecified atom stereocenters. The minimum Gasteiger partial charge on any atom is -0.454 e. The summed E-state index contributed by atoms with van der Waals surface area (Å²) in [6.07, 6.45) is 2.11. The number of aliphatic hydroxyl groups is 1. The Labute approximate surface area is 316 Å². The van der Waals surface area contributed by atoms with Gasteiger partial charge in [0.1, 0.15) is 5.75 Å². The number of anilines is 3. The van der Waals surface area contributed by atoms with Gasteiger partial charge in [-0.3, -0.25) is 19.2 Å². The highest BCUT2D eigenvalue weighted by Gasteiger charge is 2.66. The summed E-state index contributed by atoms with van der Waals surface area (Å²) in [5, 5.41) is 17.6. The van der Waals surface area contributed by atoms with E-state index in [1.807, 2.05) is 85.8 Å². The minimum atomic E-state index is -3.36. The lowest BCUT2D eigenvalue weighted by molar-refractivity contribution is -0.146. The number of halogens is 2. The number of nitrogens with zero attached hydrogens (tertiary/aromatic N) is 5. The highest BCUT2D eigenvalue weighted by molar-refractivity contribution is 9.10. The number of aromatic nitrogens is 3. The first-order valence-corrected chi connectivity index (χ1v) is 21.5. The second-order valence-electron chi connectivity index (χ2n) is 14.4. The van der Waals surface area contributed by atoms with Crippen LogP contribution in [0.1, 0.15) is 40.5 Å². The Kier molecular flexibility index (Phi) is 9.08. The number of rotatable bonds is 9. The lowest BCUT2D eigenvalue weighted by atomic mass is 9.82. The van der Waals surface area contributed by atoms with Gasteiger partial charge in [0.2, 0.25) is 8.41 Å². The maximum atomic E-state index is 16.3. The third kappa shape index (κ3) is 6.09. The standard InChI is InChI=1S/C40H39BrFN5O5Si/c1-25-37(53(2,3)42)36(18-20-45-24-28(19-21-48)43-44-45)52-40(25)31-22-27(41)14-17-32(31)46(39(40)50)23-26-12-15-29(16-13-26)47-33-9-5-7-11-35(33)51-34-10-6-4-8-30(34)38(47)49/h4-17,22,24-25,36-37,48H,18-21,23H2,1-3H3/t25-,36+,37-,40+/m1/s1. The average Bonchev–Trinajstić information content (AvgIpc) is 3.75. The van der Waals surface area contributed by atoms with Gasteiger partial charge in [-0.25, -0.2) is 0 Å². The van der Waals surface area contributed by atoms with E-state index < -0.39 is 31.6 Å². The summed E-state index contributed by atoms with van der Waals surface area (Å²) in [4.78, 5) is 32.2. The van der Waals surface area contributed by atoms with E-state index in [9.17, 15) is 14.7 Å². The van der Waals surface area contributed by atoms with Crippen molar-refractivity contribution < 1.29 is 28.3 Å². The molecule has 3 aliphatic rings. The van der Waals surface area contributed by atoms with Crippen molar-refractivity contribution in [3.63, 3.8) is 0 Å². The van der Waals surface area contributed by atoms with Crippen molar-refractivity contribution in [1.82, 2.24) is 15.0 Å². The van der Waals surface area contributed by atoms with Gasteiger partial charge in [-0.15, -0.1) is 5.10 Å². The number of para-hydroxylation sites is 3. The van der Waals surface area contributed by atoms with E-state index in [2.05, 4.69) is 26.2 Å². The molecule has 1 fully saturated rings. The van der Waals surface area contributed by atoms with Crippen LogP contribution in [0, 0.1) is 5.92 Å². The van der Waals surface area contributed by atoms with Crippen molar-refractivity contribution in [3.8, 4) is 11.5 Å². The van der Waals surface area contributed by atoms with Crippen LogP contribution in [-0.2, 0) is 34.6 Å². The van der Waals surface area contributed by atoms with Crippen LogP contribution in [0.15, 0.2) is 102 Å². The Morgan fingerprint density at radius 2 is 1.70 bits per heavy atom. The van der Waals surface area contributed by atoms with Crippen LogP contribution in [0.5, 0.6) is 11.5 Å². The normalized spacial score (nSPS) is 22.1. The van der Waals surface area contributed by atoms with E-state index in [-0.39, 0.29) is 25.0 Å². The van der Waals surface area contributed by atoms with Crippen molar-refractivity contribution in [3.05, 3.63) is 124 Å². The van der Waals surface area contributed by atoms with Gasteiger partial charge in [0.25, 0.3) is 11.8 Å². The SMILES string of the molecule is C[C@@H]1[C@@H]([Si](C)(C)F)[C@H](CCn2cc(CCO)nn2)O[C@@]12C(=O)N(Cc1ccc(N3C(=O)c4ccccc4Oc4ccccc43)cc1)c1ccc(Br)cc12. The molecule has 8 rings (SSSR count). The van der Waals surface area contributed by atoms with Gasteiger partial charge in [-0.2, -0.15) is 0 Å². The summed E-state index contributed by atoms with van der Waals surface area (Å²) in [5.74, 6) is 0.198. The molecule has 4 atom stereocenters. The smallest absolute Gasteiger partial charge is 0.266 e. The Bertz CT molecular complexity index is 2210. The second-order valence-corrected chi connectivity index (χ2v) is 19.1. The highest BCUT2D eigenvalue weighted by Crippen LogP contribution is 2.60. The average molecular weight is 797 g/mol. The zero-order valence-corrected chi connectivity index (χ0v) is 32.2. The zero-order chi connectivity index (χ0) is 37.1. The van der Waals surface area contributed by atoms with Crippen LogP contribution < -0.4 is 14.5 Å². The van der Waals surface area contributed by atoms with E-state index >= 15 is 4.11 Å². The van der Waals surface area contributed by atoms with Gasteiger partial charge in [0.05, 0.1) is 35.3 Å². The number of hydrogen-bond donors (Lipinski definition) is 1. The Balaban J connectivity index is 1.10. The third-order valence-corrected chi connectivity index (χ3v) is 13.7. The molecule has 0 bridgehead atoms. The molecule has 13 heteroatoms. The first-order valence-electron chi connectivity index (χ1n) is 17.8. The maximum absolute atomic E-state index is 16.3. The molecule has 1 aromatic heterocycles. The van der Waals surface area contributed by atoms with Gasteiger partial charge < -0.3 is 23.6 Å². The van der Waals surface area contributed by atoms with Crippen molar-refractivity contribution in [1.29, 1.82) is 0 Å². The molecule has 5 aromatic rings. The predicted molar refractivity (Wildman–Crippen MR) is 205 cm³/mol. The fourth-order valence-electron chi connectivity index (χ4n) is 8.38. The van der Waals surface area contributed by atoms with E-state index in [0.29, 0.717) is 53.5 Å². The molecule has 0 aliphatic carbocycles. The summed E-state index contributed by atoms with van der Waals surface area (Å²) in [6.45, 7) is 5.99. The third-order valence-electron chi connectivity index (χ3n) is 10.7. The van der Waals surface area contributed by atoms with Crippen LogP contribution in [0.3, 0.4) is 0 Å². The second kappa shape index (κ2) is 13.6. The molecular weight excluding hydrogens is 757 g/mol. The number of fused-ring (bicyclic) bond motifs is 4. The summed E-state index contributed by atoms with van der Waals surface area (Å²) < 4.78 is 31.9. The van der Waals surface area contributed by atoms with Crippen molar-refractivity contribution in [2.75, 3.05) is 16.4 Å². The van der Waals surface area contributed by atoms with E-state index in [1.165, 1.54) is 0 Å². The number of hydrogen-bond acceptors (Lipinski definition) is 7. The summed E-state index contributed by atoms with van der Waals surface area (Å²) >= 11 is 3.62. The number of aryl methyl sites for hydroxylation is 1. The predicted octanol–water partition coefficient (Wildman–Crippen LogP) is 8.07. The molecule has 53 heavy (non-hydrogen) atoms. The van der Waals surface area contributed by atoms with Crippen molar-refractivity contribution in [2.45, 2.75) is 63.2 Å². The van der Waals surface area contributed by atoms with Crippen LogP contribution in [0.2, 0.25) is 18.6 Å². The molecule has 2 amide bonds. The largest absolute Gasteiger partial charge is 0.454 e. The lowest BCUT2D eigenvalue weighted by Crippen LogP contribution is -2.45. The number of benzene rings is 4. The molecule has 0 saturated carbocycles. The zero-order valence-electron chi connectivity index (χ0n) is 29.6. The van der Waals surface area contributed by atoms with Crippen molar-refractivity contribution >= 4 is 53.2 Å². The molecule has 3 aliphatic heterocycles. The summed E-state index contributed by atoms with van der Waals surface area (Å²) in [6, 6.07) is 28.0. The molecule has 4 heterocycles. The first kappa shape index (κ1) is 35.3. The monoisotopic (exact) mass is 795 g/mol. The van der Waals surface area contributed by atoms with Gasteiger partial charge in [0, 0.05) is 53.0 Å². The van der Waals surface area contributed by atoms with Crippen LogP contribution in [-0.4, -0.2) is 53.0 Å². The number of aliphatic hydroxyl groups excluding tert-OH is 1. The number of carbonyl (C=O) groups is 2. The summed E-state index contributed by atoms with van der Waals surface area (Å²) in [5.41, 5.74) is 2.89. The molecule has 272 valence electrons. The quantitative estimate of drug-likeness (QED) is 0.119. The molecule has 10 nitrogen and oxygen atoms in total. The highest BCUT2D eigenvalue weighted by atomic mass is 79.9.